The zero-order chi connectivity index (χ0) is 19.7. The number of carbonyl (C=O) groups excluding carboxylic acids is 1. The molecule has 4 rings (SSSR count). The fourth-order valence-corrected chi connectivity index (χ4v) is 6.49. The number of likely N-dealkylation sites (tertiary alicyclic amines) is 1. The van der Waals surface area contributed by atoms with Crippen LogP contribution in [0.4, 0.5) is 0 Å². The van der Waals surface area contributed by atoms with Crippen LogP contribution in [0.3, 0.4) is 0 Å². The molecule has 28 heavy (non-hydrogen) atoms. The zero-order valence-electron chi connectivity index (χ0n) is 15.6. The van der Waals surface area contributed by atoms with Crippen LogP contribution in [0.5, 0.6) is 5.75 Å². The molecule has 8 heteroatoms. The van der Waals surface area contributed by atoms with Gasteiger partial charge in [0.2, 0.25) is 0 Å². The summed E-state index contributed by atoms with van der Waals surface area (Å²) >= 11 is 0. The molecule has 148 valence electrons. The van der Waals surface area contributed by atoms with Gasteiger partial charge in [0.15, 0.2) is 9.84 Å². The summed E-state index contributed by atoms with van der Waals surface area (Å²) in [5, 5.41) is 2.52. The maximum Gasteiger partial charge on any atom is 0.251 e. The van der Waals surface area contributed by atoms with E-state index in [0.717, 1.165) is 5.56 Å². The van der Waals surface area contributed by atoms with Crippen molar-refractivity contribution in [2.24, 2.45) is 5.92 Å². The van der Waals surface area contributed by atoms with Crippen LogP contribution in [-0.4, -0.2) is 61.5 Å². The third kappa shape index (κ3) is 3.74. The van der Waals surface area contributed by atoms with Crippen LogP contribution in [0.15, 0.2) is 48.8 Å². The first-order chi connectivity index (χ1) is 13.5. The highest BCUT2D eigenvalue weighted by Gasteiger charge is 2.52. The van der Waals surface area contributed by atoms with E-state index in [-0.39, 0.29) is 23.6 Å². The number of pyridine rings is 1. The topological polar surface area (TPSA) is 88.6 Å². The van der Waals surface area contributed by atoms with E-state index in [1.54, 1.807) is 43.8 Å². The minimum absolute atomic E-state index is 0.00492. The Morgan fingerprint density at radius 2 is 2.04 bits per heavy atom. The van der Waals surface area contributed by atoms with Crippen LogP contribution in [0, 0.1) is 5.92 Å². The van der Waals surface area contributed by atoms with E-state index in [1.165, 1.54) is 0 Å². The van der Waals surface area contributed by atoms with E-state index in [2.05, 4.69) is 15.2 Å². The number of fused-ring (bicyclic) bond motifs is 1. The van der Waals surface area contributed by atoms with Crippen LogP contribution < -0.4 is 10.1 Å². The third-order valence-corrected chi connectivity index (χ3v) is 7.82. The van der Waals surface area contributed by atoms with Gasteiger partial charge in [0.25, 0.3) is 5.91 Å². The maximum atomic E-state index is 12.6. The van der Waals surface area contributed by atoms with Crippen LogP contribution >= 0.6 is 0 Å². The second kappa shape index (κ2) is 7.52. The number of rotatable bonds is 5. The van der Waals surface area contributed by atoms with Crippen LogP contribution in [0.2, 0.25) is 0 Å². The van der Waals surface area contributed by atoms with Crippen molar-refractivity contribution < 1.29 is 17.9 Å². The molecule has 1 aromatic carbocycles. The molecule has 2 fully saturated rings. The number of nitrogens with zero attached hydrogens (tertiary/aromatic N) is 2. The number of aromatic nitrogens is 1. The van der Waals surface area contributed by atoms with E-state index < -0.39 is 15.1 Å². The Hall–Kier alpha value is -2.45. The molecule has 0 spiro atoms. The standard InChI is InChI=1S/C20H23N3O4S/c1-27-16-6-4-15(5-7-16)20(24)22-18-13-28(25,26)19-12-23(11-17(18)19)10-14-3-2-8-21-9-14/h2-9,17-19H,10-13H2,1H3,(H,22,24). The van der Waals surface area contributed by atoms with Gasteiger partial charge in [-0.3, -0.25) is 14.7 Å². The third-order valence-electron chi connectivity index (χ3n) is 5.57. The lowest BCUT2D eigenvalue weighted by Crippen LogP contribution is -2.42. The molecule has 0 bridgehead atoms. The summed E-state index contributed by atoms with van der Waals surface area (Å²) in [4.78, 5) is 18.9. The zero-order valence-corrected chi connectivity index (χ0v) is 16.4. The number of nitrogens with one attached hydrogen (secondary N) is 1. The molecule has 1 N–H and O–H groups in total. The van der Waals surface area contributed by atoms with Crippen molar-refractivity contribution in [2.45, 2.75) is 17.8 Å². The van der Waals surface area contributed by atoms with Crippen LogP contribution in [0.1, 0.15) is 15.9 Å². The summed E-state index contributed by atoms with van der Waals surface area (Å²) in [6.45, 7) is 1.80. The summed E-state index contributed by atoms with van der Waals surface area (Å²) < 4.78 is 30.4. The molecule has 0 aliphatic carbocycles. The Labute approximate surface area is 164 Å². The fourth-order valence-electron chi connectivity index (χ4n) is 4.17. The Morgan fingerprint density at radius 1 is 1.25 bits per heavy atom. The number of hydrogen-bond acceptors (Lipinski definition) is 6. The fraction of sp³-hybridized carbons (Fsp3) is 0.400. The molecule has 1 amide bonds. The number of carbonyl (C=O) groups is 1. The lowest BCUT2D eigenvalue weighted by Gasteiger charge is -2.21. The van der Waals surface area contributed by atoms with E-state index in [1.807, 2.05) is 12.1 Å². The molecule has 1 aromatic heterocycles. The number of sulfone groups is 1. The largest absolute Gasteiger partial charge is 0.497 e. The Morgan fingerprint density at radius 3 is 2.71 bits per heavy atom. The van der Waals surface area contributed by atoms with Crippen molar-refractivity contribution in [3.8, 4) is 5.75 Å². The van der Waals surface area contributed by atoms with E-state index >= 15 is 0 Å². The molecule has 2 aliphatic rings. The van der Waals surface area contributed by atoms with Crippen molar-refractivity contribution in [2.75, 3.05) is 26.0 Å². The van der Waals surface area contributed by atoms with E-state index in [0.29, 0.717) is 30.9 Å². The molecule has 2 saturated heterocycles. The van der Waals surface area contributed by atoms with Gasteiger partial charge < -0.3 is 10.1 Å². The van der Waals surface area contributed by atoms with Crippen molar-refractivity contribution in [1.29, 1.82) is 0 Å². The molecule has 0 radical (unpaired) electrons. The van der Waals surface area contributed by atoms with Gasteiger partial charge in [-0.25, -0.2) is 8.42 Å². The van der Waals surface area contributed by atoms with E-state index in [4.69, 9.17) is 4.74 Å². The first kappa shape index (κ1) is 18.9. The number of amides is 1. The van der Waals surface area contributed by atoms with Gasteiger partial charge in [0.1, 0.15) is 5.75 Å². The predicted molar refractivity (Wildman–Crippen MR) is 105 cm³/mol. The normalized spacial score (nSPS) is 26.0. The average Bonchev–Trinajstić information content (AvgIpc) is 3.21. The smallest absolute Gasteiger partial charge is 0.251 e. The van der Waals surface area contributed by atoms with E-state index in [9.17, 15) is 13.2 Å². The first-order valence-corrected chi connectivity index (χ1v) is 11.0. The van der Waals surface area contributed by atoms with Gasteiger partial charge in [0.05, 0.1) is 18.1 Å². The monoisotopic (exact) mass is 401 g/mol. The molecule has 3 heterocycles. The summed E-state index contributed by atoms with van der Waals surface area (Å²) in [7, 11) is -1.66. The predicted octanol–water partition coefficient (Wildman–Crippen LogP) is 1.12. The lowest BCUT2D eigenvalue weighted by molar-refractivity contribution is 0.0930. The second-order valence-corrected chi connectivity index (χ2v) is 9.66. The molecule has 2 aliphatic heterocycles. The lowest BCUT2D eigenvalue weighted by atomic mass is 10.00. The Bertz CT molecular complexity index is 947. The number of methoxy groups -OCH3 is 1. The summed E-state index contributed by atoms with van der Waals surface area (Å²) in [5.74, 6) is 0.324. The van der Waals surface area contributed by atoms with Crippen molar-refractivity contribution >= 4 is 15.7 Å². The van der Waals surface area contributed by atoms with Crippen LogP contribution in [0.25, 0.3) is 0 Å². The van der Waals surface area contributed by atoms with Gasteiger partial charge in [0, 0.05) is 49.6 Å². The van der Waals surface area contributed by atoms with Crippen molar-refractivity contribution in [3.05, 3.63) is 59.9 Å². The Balaban J connectivity index is 1.45. The highest BCUT2D eigenvalue weighted by Crippen LogP contribution is 2.34. The van der Waals surface area contributed by atoms with Crippen molar-refractivity contribution in [1.82, 2.24) is 15.2 Å². The molecular weight excluding hydrogens is 378 g/mol. The summed E-state index contributed by atoms with van der Waals surface area (Å²) in [6, 6.07) is 10.3. The summed E-state index contributed by atoms with van der Waals surface area (Å²) in [6.07, 6.45) is 3.52. The minimum Gasteiger partial charge on any atom is -0.497 e. The second-order valence-electron chi connectivity index (χ2n) is 7.40. The number of hydrogen-bond donors (Lipinski definition) is 1. The molecule has 0 saturated carbocycles. The van der Waals surface area contributed by atoms with Crippen LogP contribution in [-0.2, 0) is 16.4 Å². The minimum atomic E-state index is -3.23. The van der Waals surface area contributed by atoms with Gasteiger partial charge in [-0.05, 0) is 35.9 Å². The van der Waals surface area contributed by atoms with Gasteiger partial charge in [-0.1, -0.05) is 6.07 Å². The molecule has 2 aromatic rings. The highest BCUT2D eigenvalue weighted by atomic mass is 32.2. The van der Waals surface area contributed by atoms with Gasteiger partial charge in [-0.2, -0.15) is 0 Å². The highest BCUT2D eigenvalue weighted by molar-refractivity contribution is 7.92. The maximum absolute atomic E-state index is 12.6. The molecule has 7 nitrogen and oxygen atoms in total. The molecule has 3 atom stereocenters. The number of ether oxygens (including phenoxy) is 1. The quantitative estimate of drug-likeness (QED) is 0.808. The SMILES string of the molecule is COc1ccc(C(=O)NC2CS(=O)(=O)C3CN(Cc4cccnc4)CC23)cc1. The Kier molecular flexibility index (Phi) is 5.07. The average molecular weight is 401 g/mol. The van der Waals surface area contributed by atoms with Crippen molar-refractivity contribution in [3.63, 3.8) is 0 Å². The molecular formula is C20H23N3O4S. The van der Waals surface area contributed by atoms with Gasteiger partial charge >= 0.3 is 0 Å². The summed E-state index contributed by atoms with van der Waals surface area (Å²) in [5.41, 5.74) is 1.55. The first-order valence-electron chi connectivity index (χ1n) is 9.24. The molecule has 3 unspecified atom stereocenters. The number of benzene rings is 1. The van der Waals surface area contributed by atoms with Gasteiger partial charge in [-0.15, -0.1) is 0 Å².